The van der Waals surface area contributed by atoms with Crippen molar-refractivity contribution in [1.82, 2.24) is 0 Å². The van der Waals surface area contributed by atoms with Crippen LogP contribution in [0.2, 0.25) is 0 Å². The highest BCUT2D eigenvalue weighted by Gasteiger charge is 2.36. The Morgan fingerprint density at radius 3 is 2.67 bits per heavy atom. The van der Waals surface area contributed by atoms with Crippen molar-refractivity contribution in [3.05, 3.63) is 29.8 Å². The maximum atomic E-state index is 12.3. The molecule has 114 valence electrons. The number of esters is 1. The predicted molar refractivity (Wildman–Crippen MR) is 74.4 cm³/mol. The monoisotopic (exact) mass is 313 g/mol. The topological polar surface area (TPSA) is 101 Å². The number of fused-ring (bicyclic) bond motifs is 1. The van der Waals surface area contributed by atoms with Crippen LogP contribution in [0.15, 0.2) is 24.3 Å². The van der Waals surface area contributed by atoms with E-state index in [4.69, 9.17) is 5.11 Å². The van der Waals surface area contributed by atoms with Crippen molar-refractivity contribution in [2.45, 2.75) is 6.42 Å². The largest absolute Gasteiger partial charge is 0.481 e. The van der Waals surface area contributed by atoms with Gasteiger partial charge in [-0.15, -0.1) is 0 Å². The van der Waals surface area contributed by atoms with Crippen molar-refractivity contribution in [2.75, 3.05) is 23.7 Å². The van der Waals surface area contributed by atoms with Crippen LogP contribution in [0.25, 0.3) is 0 Å². The molecular weight excluding hydrogens is 298 g/mol. The quantitative estimate of drug-likeness (QED) is 0.800. The van der Waals surface area contributed by atoms with Crippen molar-refractivity contribution in [1.29, 1.82) is 0 Å². The third-order valence-corrected chi connectivity index (χ3v) is 4.94. The van der Waals surface area contributed by atoms with Crippen LogP contribution in [-0.4, -0.2) is 44.9 Å². The van der Waals surface area contributed by atoms with Crippen LogP contribution in [0.3, 0.4) is 0 Å². The van der Waals surface area contributed by atoms with Crippen LogP contribution in [0.1, 0.15) is 5.56 Å². The Balaban J connectivity index is 2.42. The highest BCUT2D eigenvalue weighted by molar-refractivity contribution is 7.93. The lowest BCUT2D eigenvalue weighted by Crippen LogP contribution is -2.44. The number of carbonyl (C=O) groups excluding carboxylic acids is 1. The molecule has 1 heterocycles. The van der Waals surface area contributed by atoms with Crippen LogP contribution in [0.4, 0.5) is 5.69 Å². The lowest BCUT2D eigenvalue weighted by atomic mass is 9.94. The van der Waals surface area contributed by atoms with Crippen molar-refractivity contribution >= 4 is 27.6 Å². The van der Waals surface area contributed by atoms with Crippen LogP contribution < -0.4 is 4.31 Å². The van der Waals surface area contributed by atoms with Gasteiger partial charge in [0, 0.05) is 6.54 Å². The highest BCUT2D eigenvalue weighted by atomic mass is 32.2. The van der Waals surface area contributed by atoms with Gasteiger partial charge in [0.1, 0.15) is 0 Å². The molecular formula is C13H15NO6S. The lowest BCUT2D eigenvalue weighted by Gasteiger charge is -2.33. The molecule has 21 heavy (non-hydrogen) atoms. The lowest BCUT2D eigenvalue weighted by molar-refractivity contribution is -0.141. The molecule has 7 nitrogen and oxygen atoms in total. The second-order valence-corrected chi connectivity index (χ2v) is 6.62. The molecule has 0 bridgehead atoms. The normalized spacial score (nSPS) is 18.0. The molecule has 0 aliphatic carbocycles. The zero-order valence-corrected chi connectivity index (χ0v) is 12.2. The summed E-state index contributed by atoms with van der Waals surface area (Å²) in [5.74, 6) is -3.61. The summed E-state index contributed by atoms with van der Waals surface area (Å²) in [5, 5.41) is 9.16. The van der Waals surface area contributed by atoms with E-state index in [9.17, 15) is 18.0 Å². The first-order chi connectivity index (χ1) is 9.85. The second-order valence-electron chi connectivity index (χ2n) is 4.73. The Bertz CT molecular complexity index is 669. The fourth-order valence-electron chi connectivity index (χ4n) is 2.27. The van der Waals surface area contributed by atoms with Gasteiger partial charge in [0.2, 0.25) is 10.0 Å². The van der Waals surface area contributed by atoms with Crippen molar-refractivity contribution in [3.63, 3.8) is 0 Å². The second kappa shape index (κ2) is 5.72. The van der Waals surface area contributed by atoms with Gasteiger partial charge < -0.3 is 9.84 Å². The van der Waals surface area contributed by atoms with Gasteiger partial charge in [-0.25, -0.2) is 8.42 Å². The van der Waals surface area contributed by atoms with Crippen molar-refractivity contribution in [3.8, 4) is 0 Å². The van der Waals surface area contributed by atoms with E-state index in [1.807, 2.05) is 0 Å². The number of hydrogen-bond donors (Lipinski definition) is 1. The number of sulfonamides is 1. The zero-order valence-electron chi connectivity index (χ0n) is 11.4. The Kier molecular flexibility index (Phi) is 4.17. The van der Waals surface area contributed by atoms with E-state index in [-0.39, 0.29) is 13.0 Å². The number of aliphatic carboxylic acids is 1. The van der Waals surface area contributed by atoms with Gasteiger partial charge in [0.15, 0.2) is 5.75 Å². The van der Waals surface area contributed by atoms with E-state index < -0.39 is 33.6 Å². The van der Waals surface area contributed by atoms with Gasteiger partial charge in [0.05, 0.1) is 18.7 Å². The number of carboxylic acid groups (broad SMARTS) is 1. The average molecular weight is 313 g/mol. The number of anilines is 1. The third kappa shape index (κ3) is 3.15. The van der Waals surface area contributed by atoms with E-state index in [0.29, 0.717) is 11.3 Å². The molecule has 0 radical (unpaired) electrons. The summed E-state index contributed by atoms with van der Waals surface area (Å²) in [6.45, 7) is -0.189. The molecule has 0 aromatic heterocycles. The molecule has 2 rings (SSSR count). The molecule has 0 spiro atoms. The minimum atomic E-state index is -3.98. The first-order valence-electron chi connectivity index (χ1n) is 6.23. The Morgan fingerprint density at radius 2 is 2.05 bits per heavy atom. The molecule has 1 aromatic carbocycles. The number of carboxylic acids is 1. The number of hydrogen-bond acceptors (Lipinski definition) is 5. The average Bonchev–Trinajstić information content (AvgIpc) is 2.45. The van der Waals surface area contributed by atoms with E-state index >= 15 is 0 Å². The minimum Gasteiger partial charge on any atom is -0.481 e. The molecule has 1 aliphatic heterocycles. The zero-order chi connectivity index (χ0) is 15.6. The minimum absolute atomic E-state index is 0.189. The number of rotatable bonds is 4. The van der Waals surface area contributed by atoms with E-state index in [2.05, 4.69) is 4.74 Å². The van der Waals surface area contributed by atoms with Gasteiger partial charge in [-0.05, 0) is 18.1 Å². The maximum absolute atomic E-state index is 12.3. The van der Waals surface area contributed by atoms with Crippen LogP contribution >= 0.6 is 0 Å². The van der Waals surface area contributed by atoms with Gasteiger partial charge in [-0.2, -0.15) is 0 Å². The summed E-state index contributed by atoms with van der Waals surface area (Å²) in [6.07, 6.45) is 0.260. The predicted octanol–water partition coefficient (Wildman–Crippen LogP) is 0.253. The number of nitrogens with zero attached hydrogens (tertiary/aromatic N) is 1. The molecule has 1 N–H and O–H groups in total. The summed E-state index contributed by atoms with van der Waals surface area (Å²) in [4.78, 5) is 22.5. The molecule has 8 heteroatoms. The molecule has 0 saturated carbocycles. The number of benzene rings is 1. The van der Waals surface area contributed by atoms with Gasteiger partial charge >= 0.3 is 11.9 Å². The third-order valence-electron chi connectivity index (χ3n) is 3.33. The fraction of sp³-hybridized carbons (Fsp3) is 0.385. The van der Waals surface area contributed by atoms with E-state index in [0.717, 1.165) is 11.4 Å². The summed E-state index contributed by atoms with van der Waals surface area (Å²) in [5.41, 5.74) is 1.04. The SMILES string of the molecule is COC(=O)CS(=O)(=O)N1CC(C(=O)O)Cc2ccccc21. The van der Waals surface area contributed by atoms with Crippen LogP contribution in [0, 0.1) is 5.92 Å². The number of methoxy groups -OCH3 is 1. The molecule has 0 saturated heterocycles. The van der Waals surface area contributed by atoms with Crippen molar-refractivity contribution < 1.29 is 27.9 Å². The summed E-state index contributed by atoms with van der Waals surface area (Å²) in [6, 6.07) is 6.67. The van der Waals surface area contributed by atoms with Crippen LogP contribution in [-0.2, 0) is 30.8 Å². The number of para-hydroxylation sites is 1. The molecule has 1 atom stereocenters. The molecule has 0 fully saturated rings. The molecule has 1 aliphatic rings. The van der Waals surface area contributed by atoms with Gasteiger partial charge in [-0.3, -0.25) is 13.9 Å². The molecule has 1 aromatic rings. The first-order valence-corrected chi connectivity index (χ1v) is 7.84. The van der Waals surface area contributed by atoms with Crippen molar-refractivity contribution in [2.24, 2.45) is 5.92 Å². The maximum Gasteiger partial charge on any atom is 0.322 e. The summed E-state index contributed by atoms with van der Waals surface area (Å²) in [7, 11) is -2.88. The smallest absolute Gasteiger partial charge is 0.322 e. The van der Waals surface area contributed by atoms with Gasteiger partial charge in [0.25, 0.3) is 0 Å². The molecule has 1 unspecified atom stereocenters. The summed E-state index contributed by atoms with van der Waals surface area (Å²) >= 11 is 0. The Labute approximate surface area is 122 Å². The number of ether oxygens (including phenoxy) is 1. The Morgan fingerprint density at radius 1 is 1.38 bits per heavy atom. The highest BCUT2D eigenvalue weighted by Crippen LogP contribution is 2.32. The van der Waals surface area contributed by atoms with E-state index in [1.54, 1.807) is 24.3 Å². The molecule has 0 amide bonds. The standard InChI is InChI=1S/C13H15NO6S/c1-20-12(15)8-21(18,19)14-7-10(13(16)17)6-9-4-2-3-5-11(9)14/h2-5,10H,6-8H2,1H3,(H,16,17). The number of carbonyl (C=O) groups is 2. The summed E-state index contributed by atoms with van der Waals surface area (Å²) < 4.78 is 30.0. The van der Waals surface area contributed by atoms with E-state index in [1.165, 1.54) is 0 Å². The Hall–Kier alpha value is -2.09. The first kappa shape index (κ1) is 15.3. The fourth-order valence-corrected chi connectivity index (χ4v) is 3.73. The van der Waals surface area contributed by atoms with Crippen LogP contribution in [0.5, 0.6) is 0 Å². The van der Waals surface area contributed by atoms with Gasteiger partial charge in [-0.1, -0.05) is 18.2 Å².